The molecule has 172 valence electrons. The first kappa shape index (κ1) is 23.0. The first-order valence-electron chi connectivity index (χ1n) is 11.3. The van der Waals surface area contributed by atoms with Crippen molar-refractivity contribution in [1.29, 1.82) is 0 Å². The van der Waals surface area contributed by atoms with Gasteiger partial charge in [-0.3, -0.25) is 9.59 Å². The number of thiazole rings is 1. The summed E-state index contributed by atoms with van der Waals surface area (Å²) in [6, 6.07) is 15.5. The molecule has 0 atom stereocenters. The maximum absolute atomic E-state index is 12.9. The second-order valence-corrected chi connectivity index (χ2v) is 9.30. The average molecular weight is 464 g/mol. The molecule has 1 saturated heterocycles. The molecule has 0 unspecified atom stereocenters. The molecule has 2 amide bonds. The summed E-state index contributed by atoms with van der Waals surface area (Å²) in [6.45, 7) is 7.72. The van der Waals surface area contributed by atoms with Gasteiger partial charge in [-0.2, -0.15) is 0 Å². The monoisotopic (exact) mass is 463 g/mol. The van der Waals surface area contributed by atoms with E-state index in [1.807, 2.05) is 74.2 Å². The van der Waals surface area contributed by atoms with Crippen LogP contribution in [0.15, 0.2) is 48.5 Å². The second kappa shape index (κ2) is 10.2. The van der Waals surface area contributed by atoms with E-state index in [-0.39, 0.29) is 17.9 Å². The zero-order valence-corrected chi connectivity index (χ0v) is 20.1. The van der Waals surface area contributed by atoms with Gasteiger partial charge in [-0.05, 0) is 70.0 Å². The van der Waals surface area contributed by atoms with E-state index in [2.05, 4.69) is 10.3 Å². The number of piperidine rings is 1. The van der Waals surface area contributed by atoms with Crippen LogP contribution in [0.2, 0.25) is 0 Å². The van der Waals surface area contributed by atoms with Crippen LogP contribution in [-0.4, -0.2) is 47.4 Å². The van der Waals surface area contributed by atoms with Crippen LogP contribution in [0.1, 0.15) is 51.1 Å². The Bertz CT molecular complexity index is 1110. The Labute approximate surface area is 198 Å². The van der Waals surface area contributed by atoms with Gasteiger partial charge in [0.05, 0.1) is 12.3 Å². The third-order valence-corrected chi connectivity index (χ3v) is 7.04. The lowest BCUT2D eigenvalue weighted by Gasteiger charge is -2.32. The molecule has 1 N–H and O–H groups in total. The highest BCUT2D eigenvalue weighted by Gasteiger charge is 2.26. The number of amides is 2. The van der Waals surface area contributed by atoms with E-state index in [0.717, 1.165) is 40.4 Å². The number of carbonyl (C=O) groups excluding carboxylic acids is 2. The predicted octanol–water partition coefficient (Wildman–Crippen LogP) is 4.86. The van der Waals surface area contributed by atoms with Crippen molar-refractivity contribution in [3.63, 3.8) is 0 Å². The summed E-state index contributed by atoms with van der Waals surface area (Å²) in [5.41, 5.74) is 3.55. The number of hydrogen-bond donors (Lipinski definition) is 1. The van der Waals surface area contributed by atoms with Crippen molar-refractivity contribution in [3.05, 3.63) is 70.2 Å². The molecule has 7 heteroatoms. The molecule has 6 nitrogen and oxygen atoms in total. The fourth-order valence-electron chi connectivity index (χ4n) is 3.95. The zero-order valence-electron chi connectivity index (χ0n) is 19.3. The number of ether oxygens (including phenoxy) is 1. The summed E-state index contributed by atoms with van der Waals surface area (Å²) < 4.78 is 5.49. The largest absolute Gasteiger partial charge is 0.494 e. The van der Waals surface area contributed by atoms with Crippen LogP contribution in [0.25, 0.3) is 10.6 Å². The molecule has 1 aliphatic rings. The molecule has 3 aromatic rings. The minimum atomic E-state index is -0.0921. The fourth-order valence-corrected chi connectivity index (χ4v) is 4.92. The van der Waals surface area contributed by atoms with E-state index < -0.39 is 0 Å². The zero-order chi connectivity index (χ0) is 23.4. The number of nitrogens with zero attached hydrogens (tertiary/aromatic N) is 2. The van der Waals surface area contributed by atoms with Crippen molar-refractivity contribution < 1.29 is 14.3 Å². The molecule has 2 heterocycles. The Kier molecular flexibility index (Phi) is 7.08. The van der Waals surface area contributed by atoms with Gasteiger partial charge in [0.25, 0.3) is 11.8 Å². The van der Waals surface area contributed by atoms with Crippen molar-refractivity contribution in [2.75, 3.05) is 19.7 Å². The van der Waals surface area contributed by atoms with Crippen LogP contribution in [0.4, 0.5) is 0 Å². The van der Waals surface area contributed by atoms with Crippen LogP contribution in [0.3, 0.4) is 0 Å². The standard InChI is InChI=1S/C26H29N3O3S/c1-4-32-22-11-9-19(10-12-22)25-27-18(3)23(33-25)24(30)28-21-13-15-29(16-14-21)26(31)20-7-5-17(2)6-8-20/h5-12,21H,4,13-16H2,1-3H3,(H,28,30). The van der Waals surface area contributed by atoms with E-state index in [1.165, 1.54) is 11.3 Å². The SMILES string of the molecule is CCOc1ccc(-c2nc(C)c(C(=O)NC3CCN(C(=O)c4ccc(C)cc4)CC3)s2)cc1. The van der Waals surface area contributed by atoms with Gasteiger partial charge in [0.2, 0.25) is 0 Å². The van der Waals surface area contributed by atoms with Crippen LogP contribution < -0.4 is 10.1 Å². The molecular formula is C26H29N3O3S. The Balaban J connectivity index is 1.34. The van der Waals surface area contributed by atoms with Crippen molar-refractivity contribution in [3.8, 4) is 16.3 Å². The van der Waals surface area contributed by atoms with Gasteiger partial charge in [0.1, 0.15) is 15.6 Å². The van der Waals surface area contributed by atoms with Gasteiger partial charge in [-0.1, -0.05) is 17.7 Å². The lowest BCUT2D eigenvalue weighted by molar-refractivity contribution is 0.0698. The van der Waals surface area contributed by atoms with Gasteiger partial charge >= 0.3 is 0 Å². The second-order valence-electron chi connectivity index (χ2n) is 8.30. The van der Waals surface area contributed by atoms with Crippen molar-refractivity contribution in [2.24, 2.45) is 0 Å². The topological polar surface area (TPSA) is 71.5 Å². The van der Waals surface area contributed by atoms with Crippen LogP contribution in [0.5, 0.6) is 5.75 Å². The first-order chi connectivity index (χ1) is 15.9. The average Bonchev–Trinajstić information content (AvgIpc) is 3.22. The molecule has 0 spiro atoms. The van der Waals surface area contributed by atoms with Crippen LogP contribution in [0, 0.1) is 13.8 Å². The lowest BCUT2D eigenvalue weighted by Crippen LogP contribution is -2.46. The molecule has 0 bridgehead atoms. The van der Waals surface area contributed by atoms with Gasteiger partial charge < -0.3 is 15.0 Å². The third-order valence-electron chi connectivity index (χ3n) is 5.83. The van der Waals surface area contributed by atoms with Crippen molar-refractivity contribution in [2.45, 2.75) is 39.7 Å². The highest BCUT2D eigenvalue weighted by molar-refractivity contribution is 7.17. The number of hydrogen-bond acceptors (Lipinski definition) is 5. The highest BCUT2D eigenvalue weighted by atomic mass is 32.1. The number of aromatic nitrogens is 1. The van der Waals surface area contributed by atoms with Crippen molar-refractivity contribution in [1.82, 2.24) is 15.2 Å². The molecule has 1 fully saturated rings. The Morgan fingerprint density at radius 2 is 1.73 bits per heavy atom. The maximum Gasteiger partial charge on any atom is 0.263 e. The number of carbonyl (C=O) groups is 2. The molecule has 1 aromatic heterocycles. The van der Waals surface area contributed by atoms with Gasteiger partial charge in [0.15, 0.2) is 0 Å². The number of aryl methyl sites for hydroxylation is 2. The summed E-state index contributed by atoms with van der Waals surface area (Å²) in [4.78, 5) is 32.8. The summed E-state index contributed by atoms with van der Waals surface area (Å²) in [6.07, 6.45) is 1.49. The molecule has 0 saturated carbocycles. The van der Waals surface area contributed by atoms with Crippen LogP contribution >= 0.6 is 11.3 Å². The van der Waals surface area contributed by atoms with Gasteiger partial charge in [-0.15, -0.1) is 11.3 Å². The van der Waals surface area contributed by atoms with E-state index in [1.54, 1.807) is 0 Å². The van der Waals surface area contributed by atoms with E-state index in [0.29, 0.717) is 30.1 Å². The highest BCUT2D eigenvalue weighted by Crippen LogP contribution is 2.29. The minimum Gasteiger partial charge on any atom is -0.494 e. The normalized spacial score (nSPS) is 14.2. The number of likely N-dealkylation sites (tertiary alicyclic amines) is 1. The first-order valence-corrected chi connectivity index (χ1v) is 12.1. The van der Waals surface area contributed by atoms with Crippen molar-refractivity contribution >= 4 is 23.2 Å². The fraction of sp³-hybridized carbons (Fsp3) is 0.346. The predicted molar refractivity (Wildman–Crippen MR) is 131 cm³/mol. The quantitative estimate of drug-likeness (QED) is 0.567. The summed E-state index contributed by atoms with van der Waals surface area (Å²) in [5, 5.41) is 3.97. The molecule has 4 rings (SSSR count). The summed E-state index contributed by atoms with van der Waals surface area (Å²) in [7, 11) is 0. The Morgan fingerprint density at radius 3 is 2.36 bits per heavy atom. The number of rotatable bonds is 6. The lowest BCUT2D eigenvalue weighted by atomic mass is 10.0. The summed E-state index contributed by atoms with van der Waals surface area (Å²) >= 11 is 1.40. The Hall–Kier alpha value is -3.19. The Morgan fingerprint density at radius 1 is 1.06 bits per heavy atom. The number of nitrogens with one attached hydrogen (secondary N) is 1. The smallest absolute Gasteiger partial charge is 0.263 e. The summed E-state index contributed by atoms with van der Waals surface area (Å²) in [5.74, 6) is 0.781. The maximum atomic E-state index is 12.9. The molecule has 33 heavy (non-hydrogen) atoms. The third kappa shape index (κ3) is 5.42. The van der Waals surface area contributed by atoms with Crippen LogP contribution in [-0.2, 0) is 0 Å². The molecule has 1 aliphatic heterocycles. The number of benzene rings is 2. The molecule has 2 aromatic carbocycles. The molecule has 0 aliphatic carbocycles. The van der Waals surface area contributed by atoms with Gasteiger partial charge in [-0.25, -0.2) is 4.98 Å². The van der Waals surface area contributed by atoms with E-state index in [9.17, 15) is 9.59 Å². The molecule has 0 radical (unpaired) electrons. The van der Waals surface area contributed by atoms with Gasteiger partial charge in [0, 0.05) is 30.3 Å². The van der Waals surface area contributed by atoms with E-state index >= 15 is 0 Å². The van der Waals surface area contributed by atoms with E-state index in [4.69, 9.17) is 4.74 Å². The minimum absolute atomic E-state index is 0.0509. The molecular weight excluding hydrogens is 434 g/mol.